The molecule has 1 atom stereocenters. The van der Waals surface area contributed by atoms with E-state index in [4.69, 9.17) is 14.2 Å². The average molecular weight is 457 g/mol. The third-order valence-corrected chi connectivity index (χ3v) is 6.20. The van der Waals surface area contributed by atoms with Gasteiger partial charge in [0.05, 0.1) is 4.90 Å². The Balaban J connectivity index is 2.11. The quantitative estimate of drug-likeness (QED) is 0.565. The van der Waals surface area contributed by atoms with E-state index in [0.29, 0.717) is 24.7 Å². The third kappa shape index (κ3) is 6.33. The topological polar surface area (TPSA) is 111 Å². The number of benzene rings is 1. The van der Waals surface area contributed by atoms with Crippen LogP contribution in [0.5, 0.6) is 11.5 Å². The molecule has 31 heavy (non-hydrogen) atoms. The minimum atomic E-state index is -4.05. The van der Waals surface area contributed by atoms with Crippen LogP contribution in [0.4, 0.5) is 0 Å². The van der Waals surface area contributed by atoms with Gasteiger partial charge in [0, 0.05) is 18.2 Å². The SMILES string of the molecule is CC(C)[C@H](NS(=O)(=O)c1ccc2c(c1)OCCO2)C(=O)OCC(=O)N(C(C)C)C(C)C. The van der Waals surface area contributed by atoms with Crippen LogP contribution in [-0.4, -0.2) is 63.1 Å². The summed E-state index contributed by atoms with van der Waals surface area (Å²) in [4.78, 5) is 26.6. The fourth-order valence-corrected chi connectivity index (χ4v) is 4.70. The molecule has 1 aliphatic heterocycles. The molecule has 1 aromatic rings. The lowest BCUT2D eigenvalue weighted by molar-refractivity contribution is -0.155. The van der Waals surface area contributed by atoms with Gasteiger partial charge in [0.2, 0.25) is 10.0 Å². The minimum Gasteiger partial charge on any atom is -0.486 e. The predicted octanol–water partition coefficient (Wildman–Crippen LogP) is 1.95. The Morgan fingerprint density at radius 2 is 1.61 bits per heavy atom. The molecule has 0 aromatic heterocycles. The second kappa shape index (κ2) is 10.3. The molecule has 0 saturated heterocycles. The van der Waals surface area contributed by atoms with Gasteiger partial charge in [-0.2, -0.15) is 4.72 Å². The van der Waals surface area contributed by atoms with Crippen molar-refractivity contribution < 1.29 is 32.2 Å². The molecule has 0 saturated carbocycles. The summed E-state index contributed by atoms with van der Waals surface area (Å²) in [5.41, 5.74) is 0. The van der Waals surface area contributed by atoms with Crippen LogP contribution >= 0.6 is 0 Å². The van der Waals surface area contributed by atoms with Crippen LogP contribution in [0.3, 0.4) is 0 Å². The summed E-state index contributed by atoms with van der Waals surface area (Å²) in [6, 6.07) is 2.98. The summed E-state index contributed by atoms with van der Waals surface area (Å²) in [5, 5.41) is 0. The van der Waals surface area contributed by atoms with Gasteiger partial charge in [0.1, 0.15) is 19.3 Å². The Labute approximate surface area is 184 Å². The van der Waals surface area contributed by atoms with E-state index >= 15 is 0 Å². The summed E-state index contributed by atoms with van der Waals surface area (Å²) >= 11 is 0. The van der Waals surface area contributed by atoms with E-state index in [1.54, 1.807) is 18.7 Å². The number of hydrogen-bond donors (Lipinski definition) is 1. The number of esters is 1. The highest BCUT2D eigenvalue weighted by atomic mass is 32.2. The highest BCUT2D eigenvalue weighted by Gasteiger charge is 2.31. The van der Waals surface area contributed by atoms with E-state index in [-0.39, 0.29) is 22.9 Å². The number of carbonyl (C=O) groups excluding carboxylic acids is 2. The van der Waals surface area contributed by atoms with Gasteiger partial charge in [0.25, 0.3) is 5.91 Å². The first kappa shape index (κ1) is 24.9. The molecule has 1 N–H and O–H groups in total. The maximum Gasteiger partial charge on any atom is 0.324 e. The van der Waals surface area contributed by atoms with Crippen LogP contribution in [0.25, 0.3) is 0 Å². The lowest BCUT2D eigenvalue weighted by atomic mass is 10.1. The predicted molar refractivity (Wildman–Crippen MR) is 114 cm³/mol. The van der Waals surface area contributed by atoms with Crippen molar-refractivity contribution in [3.63, 3.8) is 0 Å². The highest BCUT2D eigenvalue weighted by molar-refractivity contribution is 7.89. The zero-order valence-electron chi connectivity index (χ0n) is 18.9. The summed E-state index contributed by atoms with van der Waals surface area (Å²) in [5.74, 6) is -0.761. The first-order valence-corrected chi connectivity index (χ1v) is 11.8. The van der Waals surface area contributed by atoms with Crippen LogP contribution in [0.2, 0.25) is 0 Å². The number of hydrogen-bond acceptors (Lipinski definition) is 7. The van der Waals surface area contributed by atoms with Crippen LogP contribution in [0.1, 0.15) is 41.5 Å². The fraction of sp³-hybridized carbons (Fsp3) is 0.619. The molecule has 1 amide bonds. The number of carbonyl (C=O) groups is 2. The van der Waals surface area contributed by atoms with Crippen molar-refractivity contribution in [2.24, 2.45) is 5.92 Å². The van der Waals surface area contributed by atoms with Gasteiger partial charge < -0.3 is 19.1 Å². The average Bonchev–Trinajstić information content (AvgIpc) is 2.69. The van der Waals surface area contributed by atoms with Crippen molar-refractivity contribution in [3.05, 3.63) is 18.2 Å². The fourth-order valence-electron chi connectivity index (χ4n) is 3.35. The van der Waals surface area contributed by atoms with Gasteiger partial charge in [-0.15, -0.1) is 0 Å². The Bertz CT molecular complexity index is 889. The molecular formula is C21H32N2O7S. The van der Waals surface area contributed by atoms with Crippen molar-refractivity contribution in [1.82, 2.24) is 9.62 Å². The van der Waals surface area contributed by atoms with Gasteiger partial charge in [-0.05, 0) is 45.7 Å². The van der Waals surface area contributed by atoms with Gasteiger partial charge in [-0.3, -0.25) is 9.59 Å². The van der Waals surface area contributed by atoms with Crippen molar-refractivity contribution in [2.45, 2.75) is 64.6 Å². The van der Waals surface area contributed by atoms with E-state index in [1.165, 1.54) is 18.2 Å². The van der Waals surface area contributed by atoms with E-state index in [2.05, 4.69) is 4.72 Å². The maximum atomic E-state index is 12.9. The van der Waals surface area contributed by atoms with Gasteiger partial charge in [-0.25, -0.2) is 8.42 Å². The third-order valence-electron chi connectivity index (χ3n) is 4.77. The number of nitrogens with zero attached hydrogens (tertiary/aromatic N) is 1. The number of fused-ring (bicyclic) bond motifs is 1. The number of ether oxygens (including phenoxy) is 3. The molecule has 0 spiro atoms. The Morgan fingerprint density at radius 1 is 1.03 bits per heavy atom. The molecule has 1 aromatic carbocycles. The van der Waals surface area contributed by atoms with Crippen LogP contribution in [0.15, 0.2) is 23.1 Å². The second-order valence-corrected chi connectivity index (χ2v) is 9.96. The first-order valence-electron chi connectivity index (χ1n) is 10.3. The molecule has 2 rings (SSSR count). The largest absolute Gasteiger partial charge is 0.486 e. The Morgan fingerprint density at radius 3 is 2.16 bits per heavy atom. The number of rotatable bonds is 9. The van der Waals surface area contributed by atoms with E-state index in [9.17, 15) is 18.0 Å². The smallest absolute Gasteiger partial charge is 0.324 e. The monoisotopic (exact) mass is 456 g/mol. The van der Waals surface area contributed by atoms with Crippen molar-refractivity contribution in [3.8, 4) is 11.5 Å². The zero-order chi connectivity index (χ0) is 23.3. The van der Waals surface area contributed by atoms with Gasteiger partial charge in [-0.1, -0.05) is 13.8 Å². The van der Waals surface area contributed by atoms with Crippen LogP contribution < -0.4 is 14.2 Å². The van der Waals surface area contributed by atoms with E-state index in [0.717, 1.165) is 0 Å². The Hall–Kier alpha value is -2.33. The summed E-state index contributed by atoms with van der Waals surface area (Å²) in [6.07, 6.45) is 0. The zero-order valence-corrected chi connectivity index (χ0v) is 19.7. The summed E-state index contributed by atoms with van der Waals surface area (Å²) in [6.45, 7) is 11.1. The number of nitrogens with one attached hydrogen (secondary N) is 1. The van der Waals surface area contributed by atoms with Crippen molar-refractivity contribution >= 4 is 21.9 Å². The van der Waals surface area contributed by atoms with Gasteiger partial charge in [0.15, 0.2) is 18.1 Å². The molecular weight excluding hydrogens is 424 g/mol. The lowest BCUT2D eigenvalue weighted by Gasteiger charge is -2.30. The molecule has 0 radical (unpaired) electrons. The molecule has 10 heteroatoms. The second-order valence-electron chi connectivity index (χ2n) is 8.24. The maximum absolute atomic E-state index is 12.9. The number of sulfonamides is 1. The van der Waals surface area contributed by atoms with E-state index < -0.39 is 34.6 Å². The molecule has 0 aliphatic carbocycles. The Kier molecular flexibility index (Phi) is 8.30. The lowest BCUT2D eigenvalue weighted by Crippen LogP contribution is -2.48. The summed E-state index contributed by atoms with van der Waals surface area (Å²) in [7, 11) is -4.05. The van der Waals surface area contributed by atoms with Crippen LogP contribution in [0, 0.1) is 5.92 Å². The molecule has 0 fully saturated rings. The molecule has 0 unspecified atom stereocenters. The molecule has 174 valence electrons. The molecule has 0 bridgehead atoms. The molecule has 9 nitrogen and oxygen atoms in total. The molecule has 1 heterocycles. The highest BCUT2D eigenvalue weighted by Crippen LogP contribution is 2.32. The van der Waals surface area contributed by atoms with Crippen molar-refractivity contribution in [1.29, 1.82) is 0 Å². The first-order chi connectivity index (χ1) is 14.4. The van der Waals surface area contributed by atoms with Crippen LogP contribution in [-0.2, 0) is 24.3 Å². The van der Waals surface area contributed by atoms with E-state index in [1.807, 2.05) is 27.7 Å². The van der Waals surface area contributed by atoms with Crippen molar-refractivity contribution in [2.75, 3.05) is 19.8 Å². The normalized spacial score (nSPS) is 14.6. The number of amides is 1. The standard InChI is InChI=1S/C21H32N2O7S/c1-13(2)20(21(25)30-12-19(24)23(14(3)4)15(5)6)22-31(26,27)16-7-8-17-18(11-16)29-10-9-28-17/h7-8,11,13-15,20,22H,9-10,12H2,1-6H3/t20-/m0/s1. The van der Waals surface area contributed by atoms with Gasteiger partial charge >= 0.3 is 5.97 Å². The minimum absolute atomic E-state index is 0.0548. The summed E-state index contributed by atoms with van der Waals surface area (Å²) < 4.78 is 44.2. The molecule has 1 aliphatic rings.